The lowest BCUT2D eigenvalue weighted by Gasteiger charge is -2.46. The van der Waals surface area contributed by atoms with E-state index in [0.29, 0.717) is 13.1 Å². The summed E-state index contributed by atoms with van der Waals surface area (Å²) >= 11 is 11.4. The molecule has 37 heavy (non-hydrogen) atoms. The Hall–Kier alpha value is -2.44. The minimum absolute atomic E-state index is 0.0458. The lowest BCUT2D eigenvalue weighted by molar-refractivity contribution is -0.269. The second-order valence-corrected chi connectivity index (χ2v) is 10.2. The molecule has 1 atom stereocenters. The van der Waals surface area contributed by atoms with E-state index < -0.39 is 45.0 Å². The van der Waals surface area contributed by atoms with Crippen LogP contribution in [0.5, 0.6) is 0 Å². The average molecular weight is 564 g/mol. The Morgan fingerprint density at radius 1 is 1.11 bits per heavy atom. The van der Waals surface area contributed by atoms with Gasteiger partial charge in [-0.25, -0.2) is 8.78 Å². The number of nitrogens with one attached hydrogen (secondary N) is 1. The van der Waals surface area contributed by atoms with Crippen LogP contribution < -0.4 is 5.48 Å². The Kier molecular flexibility index (Phi) is 6.43. The number of likely N-dealkylation sites (tertiary alicyclic amines) is 2. The highest BCUT2D eigenvalue weighted by Gasteiger charge is 2.60. The minimum Gasteiger partial charge on any atom is -0.390 e. The zero-order valence-electron chi connectivity index (χ0n) is 19.0. The van der Waals surface area contributed by atoms with Gasteiger partial charge in [-0.3, -0.25) is 20.0 Å². The van der Waals surface area contributed by atoms with Crippen LogP contribution in [-0.2, 0) is 20.9 Å². The van der Waals surface area contributed by atoms with E-state index in [9.17, 15) is 27.5 Å². The summed E-state index contributed by atoms with van der Waals surface area (Å²) in [5.74, 6) is -1.29. The van der Waals surface area contributed by atoms with Gasteiger partial charge >= 0.3 is 6.18 Å². The van der Waals surface area contributed by atoms with Crippen molar-refractivity contribution in [2.24, 2.45) is 0 Å². The molecule has 3 heterocycles. The van der Waals surface area contributed by atoms with Crippen LogP contribution in [0, 0.1) is 5.82 Å². The molecule has 1 unspecified atom stereocenters. The molecule has 0 bridgehead atoms. The van der Waals surface area contributed by atoms with Crippen molar-refractivity contribution in [3.63, 3.8) is 0 Å². The van der Waals surface area contributed by atoms with E-state index in [0.717, 1.165) is 18.2 Å². The fraction of sp³-hybridized carbons (Fsp3) is 0.375. The number of hydrogen-bond donors (Lipinski definition) is 2. The number of β-amino-alcohol motifs (C(OH)–C–C–N with tert-alkyl or cyclic N) is 1. The Bertz CT molecular complexity index is 1240. The second-order valence-electron chi connectivity index (χ2n) is 9.39. The van der Waals surface area contributed by atoms with Crippen molar-refractivity contribution in [3.8, 4) is 0 Å². The van der Waals surface area contributed by atoms with Crippen molar-refractivity contribution in [1.82, 2.24) is 15.3 Å². The molecule has 6 nitrogen and oxygen atoms in total. The van der Waals surface area contributed by atoms with Crippen LogP contribution >= 0.6 is 23.2 Å². The van der Waals surface area contributed by atoms with Crippen molar-refractivity contribution in [3.05, 3.63) is 75.0 Å². The summed E-state index contributed by atoms with van der Waals surface area (Å²) in [7, 11) is 0. The van der Waals surface area contributed by atoms with E-state index >= 15 is 4.39 Å². The number of nitrogens with zero attached hydrogens (tertiary/aromatic N) is 2. The van der Waals surface area contributed by atoms with Crippen molar-refractivity contribution in [2.45, 2.75) is 23.6 Å². The van der Waals surface area contributed by atoms with Gasteiger partial charge in [0.05, 0.1) is 41.5 Å². The normalized spacial score (nSPS) is 23.8. The molecule has 0 aromatic heterocycles. The average Bonchev–Trinajstić information content (AvgIpc) is 3.26. The van der Waals surface area contributed by atoms with Gasteiger partial charge < -0.3 is 10.0 Å². The minimum atomic E-state index is -4.97. The molecule has 0 saturated carbocycles. The third-order valence-corrected chi connectivity index (χ3v) is 7.30. The van der Waals surface area contributed by atoms with Crippen LogP contribution in [0.3, 0.4) is 0 Å². The number of carbonyl (C=O) groups is 1. The molecule has 2 fully saturated rings. The van der Waals surface area contributed by atoms with Crippen LogP contribution in [0.2, 0.25) is 10.0 Å². The molecule has 1 amide bonds. The van der Waals surface area contributed by atoms with E-state index in [-0.39, 0.29) is 42.4 Å². The standard InChI is InChI=1S/C24H20Cl2F5N3O3/c25-17-5-15(6-18(26)21(17)27)23(24(29,30)31)7-19(32-37-23)13-1-3-14(4-2-13)22(28)11-34(12-22)20(36)10-33-8-16(35)9-33/h1-7,16,32,35H,8-12H2. The van der Waals surface area contributed by atoms with Gasteiger partial charge in [-0.15, -0.1) is 0 Å². The quantitative estimate of drug-likeness (QED) is 0.422. The number of rotatable bonds is 5. The summed E-state index contributed by atoms with van der Waals surface area (Å²) in [5.41, 5.74) is -2.54. The number of aliphatic hydroxyl groups is 1. The van der Waals surface area contributed by atoms with Gasteiger partial charge in [0.25, 0.3) is 0 Å². The maximum atomic E-state index is 15.4. The van der Waals surface area contributed by atoms with Crippen LogP contribution in [0.15, 0.2) is 42.5 Å². The van der Waals surface area contributed by atoms with Crippen LogP contribution in [0.25, 0.3) is 5.70 Å². The van der Waals surface area contributed by atoms with Gasteiger partial charge in [0.15, 0.2) is 11.5 Å². The fourth-order valence-electron chi connectivity index (χ4n) is 4.58. The van der Waals surface area contributed by atoms with Crippen LogP contribution in [0.1, 0.15) is 16.7 Å². The molecule has 5 rings (SSSR count). The third kappa shape index (κ3) is 4.57. The number of benzene rings is 2. The molecule has 3 aliphatic rings. The number of halogens is 7. The number of alkyl halides is 4. The molecule has 2 saturated heterocycles. The first-order valence-electron chi connectivity index (χ1n) is 11.2. The van der Waals surface area contributed by atoms with Crippen LogP contribution in [-0.4, -0.2) is 65.8 Å². The highest BCUT2D eigenvalue weighted by Crippen LogP contribution is 2.49. The topological polar surface area (TPSA) is 65.0 Å². The lowest BCUT2D eigenvalue weighted by Crippen LogP contribution is -2.62. The summed E-state index contributed by atoms with van der Waals surface area (Å²) in [4.78, 5) is 20.4. The first-order chi connectivity index (χ1) is 17.3. The molecular formula is C24H20Cl2F5N3O3. The Balaban J connectivity index is 1.33. The number of hydroxylamine groups is 1. The van der Waals surface area contributed by atoms with E-state index in [1.807, 2.05) is 0 Å². The van der Waals surface area contributed by atoms with E-state index in [1.165, 1.54) is 29.2 Å². The monoisotopic (exact) mass is 563 g/mol. The summed E-state index contributed by atoms with van der Waals surface area (Å²) in [6, 6.07) is 7.32. The van der Waals surface area contributed by atoms with Gasteiger partial charge in [-0.1, -0.05) is 47.5 Å². The zero-order valence-corrected chi connectivity index (χ0v) is 20.5. The van der Waals surface area contributed by atoms with Gasteiger partial charge in [0.1, 0.15) is 0 Å². The third-order valence-electron chi connectivity index (χ3n) is 6.75. The summed E-state index contributed by atoms with van der Waals surface area (Å²) in [6.07, 6.45) is -4.63. The summed E-state index contributed by atoms with van der Waals surface area (Å²) < 4.78 is 71.7. The van der Waals surface area contributed by atoms with Crippen molar-refractivity contribution in [1.29, 1.82) is 0 Å². The van der Waals surface area contributed by atoms with Crippen molar-refractivity contribution < 1.29 is 36.7 Å². The van der Waals surface area contributed by atoms with Crippen LogP contribution in [0.4, 0.5) is 22.0 Å². The number of hydrogen-bond acceptors (Lipinski definition) is 5. The smallest absolute Gasteiger partial charge is 0.390 e. The molecule has 2 aromatic carbocycles. The molecule has 198 valence electrons. The van der Waals surface area contributed by atoms with Crippen molar-refractivity contribution in [2.75, 3.05) is 32.7 Å². The molecule has 0 radical (unpaired) electrons. The molecular weight excluding hydrogens is 544 g/mol. The summed E-state index contributed by atoms with van der Waals surface area (Å²) in [6.45, 7) is 0.639. The molecule has 2 N–H and O–H groups in total. The molecule has 2 aromatic rings. The van der Waals surface area contributed by atoms with Gasteiger partial charge in [0.2, 0.25) is 11.5 Å². The predicted octanol–water partition coefficient (Wildman–Crippen LogP) is 4.15. The molecule has 0 spiro atoms. The highest BCUT2D eigenvalue weighted by molar-refractivity contribution is 6.35. The maximum Gasteiger partial charge on any atom is 0.428 e. The second kappa shape index (κ2) is 9.09. The lowest BCUT2D eigenvalue weighted by atomic mass is 9.86. The number of amides is 1. The van der Waals surface area contributed by atoms with Gasteiger partial charge in [0, 0.05) is 18.7 Å². The Morgan fingerprint density at radius 3 is 2.24 bits per heavy atom. The molecule has 13 heteroatoms. The van der Waals surface area contributed by atoms with Crippen molar-refractivity contribution >= 4 is 34.8 Å². The maximum absolute atomic E-state index is 15.4. The first kappa shape index (κ1) is 26.2. The van der Waals surface area contributed by atoms with Gasteiger partial charge in [-0.2, -0.15) is 13.2 Å². The fourth-order valence-corrected chi connectivity index (χ4v) is 5.07. The van der Waals surface area contributed by atoms with E-state index in [4.69, 9.17) is 28.0 Å². The largest absolute Gasteiger partial charge is 0.428 e. The predicted molar refractivity (Wildman–Crippen MR) is 125 cm³/mol. The first-order valence-corrected chi connectivity index (χ1v) is 11.9. The van der Waals surface area contributed by atoms with E-state index in [1.54, 1.807) is 4.90 Å². The van der Waals surface area contributed by atoms with E-state index in [2.05, 4.69) is 5.48 Å². The highest BCUT2D eigenvalue weighted by atomic mass is 35.5. The number of carbonyl (C=O) groups excluding carboxylic acids is 1. The number of aliphatic hydroxyl groups excluding tert-OH is 1. The molecule has 3 aliphatic heterocycles. The van der Waals surface area contributed by atoms with Gasteiger partial charge in [-0.05, 0) is 29.3 Å². The Labute approximate surface area is 218 Å². The zero-order chi connectivity index (χ0) is 26.8. The SMILES string of the molecule is O=C(CN1CC(O)C1)N1CC(F)(c2ccc(C3=CC(c4cc(Cl)c(F)c(Cl)c4)(C(F)(F)F)ON3)cc2)C1. The summed E-state index contributed by atoms with van der Waals surface area (Å²) in [5, 5.41) is 8.12. The molecule has 0 aliphatic carbocycles. The Morgan fingerprint density at radius 2 is 1.70 bits per heavy atom.